The van der Waals surface area contributed by atoms with Crippen LogP contribution in [0.5, 0.6) is 0 Å². The van der Waals surface area contributed by atoms with Crippen LogP contribution in [0.4, 0.5) is 5.82 Å². The molecule has 1 fully saturated rings. The van der Waals surface area contributed by atoms with Crippen molar-refractivity contribution in [3.63, 3.8) is 0 Å². The van der Waals surface area contributed by atoms with Crippen molar-refractivity contribution in [2.75, 3.05) is 17.2 Å². The molecule has 0 spiro atoms. The molecule has 2 N–H and O–H groups in total. The van der Waals surface area contributed by atoms with E-state index >= 15 is 0 Å². The number of nitrogen functional groups attached to an aromatic ring is 1. The van der Waals surface area contributed by atoms with E-state index in [0.29, 0.717) is 18.7 Å². The number of pyridine rings is 1. The molecule has 20 heavy (non-hydrogen) atoms. The second kappa shape index (κ2) is 4.90. The number of nitrogens with two attached hydrogens (primary N) is 1. The molecule has 3 heterocycles. The Hall–Kier alpha value is -1.89. The quantitative estimate of drug-likeness (QED) is 0.900. The third kappa shape index (κ3) is 2.53. The van der Waals surface area contributed by atoms with Gasteiger partial charge in [0.25, 0.3) is 0 Å². The first-order valence-electron chi connectivity index (χ1n) is 6.50. The molecule has 1 aliphatic heterocycles. The van der Waals surface area contributed by atoms with Gasteiger partial charge in [-0.2, -0.15) is 0 Å². The molecule has 0 amide bonds. The van der Waals surface area contributed by atoms with Crippen LogP contribution in [0, 0.1) is 0 Å². The molecule has 2 aromatic heterocycles. The maximum absolute atomic E-state index is 11.5. The standard InChI is InChI=1S/C13H16N4O2S/c14-12-9-10(1-4-15-12)13-16-5-6-17(13)11-2-7-20(18,19)8-3-11/h1,4-6,9,11H,2-3,7-8H2,(H2,14,15). The zero-order chi connectivity index (χ0) is 14.2. The van der Waals surface area contributed by atoms with Gasteiger partial charge in [0.2, 0.25) is 0 Å². The maximum atomic E-state index is 11.5. The summed E-state index contributed by atoms with van der Waals surface area (Å²) in [5.41, 5.74) is 6.60. The van der Waals surface area contributed by atoms with E-state index in [1.807, 2.05) is 16.8 Å². The highest BCUT2D eigenvalue weighted by molar-refractivity contribution is 7.91. The second-order valence-electron chi connectivity index (χ2n) is 5.01. The van der Waals surface area contributed by atoms with Gasteiger partial charge in [0, 0.05) is 30.2 Å². The fourth-order valence-corrected chi connectivity index (χ4v) is 4.04. The molecule has 2 aromatic rings. The lowest BCUT2D eigenvalue weighted by Crippen LogP contribution is -2.25. The molecule has 0 unspecified atom stereocenters. The van der Waals surface area contributed by atoms with E-state index in [1.165, 1.54) is 0 Å². The highest BCUT2D eigenvalue weighted by Crippen LogP contribution is 2.29. The van der Waals surface area contributed by atoms with E-state index in [1.54, 1.807) is 18.5 Å². The lowest BCUT2D eigenvalue weighted by molar-refractivity contribution is 0.453. The van der Waals surface area contributed by atoms with Crippen molar-refractivity contribution in [2.24, 2.45) is 0 Å². The fourth-order valence-electron chi connectivity index (χ4n) is 2.57. The summed E-state index contributed by atoms with van der Waals surface area (Å²) in [6, 6.07) is 3.80. The summed E-state index contributed by atoms with van der Waals surface area (Å²) in [4.78, 5) is 8.34. The molecule has 0 aliphatic carbocycles. The Morgan fingerprint density at radius 3 is 2.65 bits per heavy atom. The summed E-state index contributed by atoms with van der Waals surface area (Å²) in [5.74, 6) is 1.74. The summed E-state index contributed by atoms with van der Waals surface area (Å²) in [6.07, 6.45) is 6.54. The number of rotatable bonds is 2. The van der Waals surface area contributed by atoms with Crippen LogP contribution in [-0.4, -0.2) is 34.5 Å². The van der Waals surface area contributed by atoms with Crippen molar-refractivity contribution in [1.29, 1.82) is 0 Å². The fraction of sp³-hybridized carbons (Fsp3) is 0.385. The lowest BCUT2D eigenvalue weighted by atomic mass is 10.1. The van der Waals surface area contributed by atoms with Gasteiger partial charge in [-0.15, -0.1) is 0 Å². The predicted octanol–water partition coefficient (Wildman–Crippen LogP) is 1.28. The zero-order valence-electron chi connectivity index (χ0n) is 10.9. The average Bonchev–Trinajstić information content (AvgIpc) is 2.88. The third-order valence-corrected chi connectivity index (χ3v) is 5.34. The molecule has 0 saturated carbocycles. The molecule has 1 saturated heterocycles. The van der Waals surface area contributed by atoms with Gasteiger partial charge in [0.15, 0.2) is 0 Å². The molecule has 1 aliphatic rings. The van der Waals surface area contributed by atoms with Crippen LogP contribution in [0.3, 0.4) is 0 Å². The molecular formula is C13H16N4O2S. The predicted molar refractivity (Wildman–Crippen MR) is 76.8 cm³/mol. The van der Waals surface area contributed by atoms with Gasteiger partial charge in [0.05, 0.1) is 11.5 Å². The third-order valence-electron chi connectivity index (χ3n) is 3.63. The van der Waals surface area contributed by atoms with Crippen molar-refractivity contribution < 1.29 is 8.42 Å². The largest absolute Gasteiger partial charge is 0.384 e. The van der Waals surface area contributed by atoms with Gasteiger partial charge >= 0.3 is 0 Å². The molecular weight excluding hydrogens is 276 g/mol. The normalized spacial score (nSPS) is 19.0. The number of hydrogen-bond acceptors (Lipinski definition) is 5. The summed E-state index contributed by atoms with van der Waals surface area (Å²) in [5, 5.41) is 0. The first-order valence-corrected chi connectivity index (χ1v) is 8.32. The summed E-state index contributed by atoms with van der Waals surface area (Å²) in [6.45, 7) is 0. The molecule has 7 heteroatoms. The van der Waals surface area contributed by atoms with Gasteiger partial charge in [-0.25, -0.2) is 18.4 Å². The highest BCUT2D eigenvalue weighted by Gasteiger charge is 2.26. The lowest BCUT2D eigenvalue weighted by Gasteiger charge is -2.24. The van der Waals surface area contributed by atoms with E-state index in [9.17, 15) is 8.42 Å². The van der Waals surface area contributed by atoms with Crippen LogP contribution >= 0.6 is 0 Å². The van der Waals surface area contributed by atoms with Crippen LogP contribution in [0.15, 0.2) is 30.7 Å². The molecule has 3 rings (SSSR count). The minimum atomic E-state index is -2.85. The van der Waals surface area contributed by atoms with Crippen molar-refractivity contribution in [3.8, 4) is 11.4 Å². The number of hydrogen-bond donors (Lipinski definition) is 1. The van der Waals surface area contributed by atoms with Crippen molar-refractivity contribution >= 4 is 15.7 Å². The maximum Gasteiger partial charge on any atom is 0.150 e. The SMILES string of the molecule is Nc1cc(-c2nccn2C2CCS(=O)(=O)CC2)ccn1. The number of nitrogens with zero attached hydrogens (tertiary/aromatic N) is 3. The van der Waals surface area contributed by atoms with E-state index < -0.39 is 9.84 Å². The number of anilines is 1. The minimum absolute atomic E-state index is 0.172. The van der Waals surface area contributed by atoms with Crippen molar-refractivity contribution in [2.45, 2.75) is 18.9 Å². The molecule has 0 aromatic carbocycles. The smallest absolute Gasteiger partial charge is 0.150 e. The van der Waals surface area contributed by atoms with Gasteiger partial charge < -0.3 is 10.3 Å². The van der Waals surface area contributed by atoms with Crippen LogP contribution in [0.1, 0.15) is 18.9 Å². The number of imidazole rings is 1. The van der Waals surface area contributed by atoms with E-state index in [4.69, 9.17) is 5.73 Å². The van der Waals surface area contributed by atoms with Gasteiger partial charge in [-0.05, 0) is 25.0 Å². The van der Waals surface area contributed by atoms with Crippen LogP contribution in [-0.2, 0) is 9.84 Å². The Morgan fingerprint density at radius 2 is 1.95 bits per heavy atom. The first-order chi connectivity index (χ1) is 9.55. The molecule has 0 bridgehead atoms. The van der Waals surface area contributed by atoms with Gasteiger partial charge in [-0.1, -0.05) is 0 Å². The summed E-state index contributed by atoms with van der Waals surface area (Å²) in [7, 11) is -2.85. The average molecular weight is 292 g/mol. The highest BCUT2D eigenvalue weighted by atomic mass is 32.2. The van der Waals surface area contributed by atoms with E-state index in [-0.39, 0.29) is 17.5 Å². The summed E-state index contributed by atoms with van der Waals surface area (Å²) < 4.78 is 25.1. The van der Waals surface area contributed by atoms with Crippen molar-refractivity contribution in [1.82, 2.24) is 14.5 Å². The molecule has 6 nitrogen and oxygen atoms in total. The van der Waals surface area contributed by atoms with Crippen LogP contribution in [0.2, 0.25) is 0 Å². The second-order valence-corrected chi connectivity index (χ2v) is 7.31. The van der Waals surface area contributed by atoms with E-state index in [2.05, 4.69) is 9.97 Å². The first kappa shape index (κ1) is 13.1. The van der Waals surface area contributed by atoms with E-state index in [0.717, 1.165) is 11.4 Å². The summed E-state index contributed by atoms with van der Waals surface area (Å²) >= 11 is 0. The molecule has 0 radical (unpaired) electrons. The van der Waals surface area contributed by atoms with Crippen LogP contribution < -0.4 is 5.73 Å². The topological polar surface area (TPSA) is 90.9 Å². The molecule has 106 valence electrons. The van der Waals surface area contributed by atoms with Gasteiger partial charge in [0.1, 0.15) is 21.5 Å². The monoisotopic (exact) mass is 292 g/mol. The van der Waals surface area contributed by atoms with Crippen LogP contribution in [0.25, 0.3) is 11.4 Å². The Labute approximate surface area is 117 Å². The Morgan fingerprint density at radius 1 is 1.20 bits per heavy atom. The molecule has 0 atom stereocenters. The zero-order valence-corrected chi connectivity index (χ0v) is 11.8. The number of sulfone groups is 1. The Balaban J connectivity index is 1.91. The van der Waals surface area contributed by atoms with Crippen molar-refractivity contribution in [3.05, 3.63) is 30.7 Å². The Bertz CT molecular complexity index is 709. The van der Waals surface area contributed by atoms with Gasteiger partial charge in [-0.3, -0.25) is 0 Å². The Kier molecular flexibility index (Phi) is 3.21. The number of aromatic nitrogens is 3. The minimum Gasteiger partial charge on any atom is -0.384 e.